The van der Waals surface area contributed by atoms with Crippen molar-refractivity contribution in [1.82, 2.24) is 0 Å². The molecule has 0 aliphatic rings. The van der Waals surface area contributed by atoms with Gasteiger partial charge in [-0.15, -0.1) is 0 Å². The maximum absolute atomic E-state index is 10.6. The molecule has 0 spiro atoms. The Balaban J connectivity index is 4.18. The van der Waals surface area contributed by atoms with Crippen molar-refractivity contribution < 1.29 is 9.53 Å². The molecule has 0 N–H and O–H groups in total. The van der Waals surface area contributed by atoms with Gasteiger partial charge in [0.2, 0.25) is 0 Å². The molecule has 11 heavy (non-hydrogen) atoms. The zero-order valence-electron chi connectivity index (χ0n) is 7.68. The van der Waals surface area contributed by atoms with E-state index in [0.29, 0.717) is 0 Å². The van der Waals surface area contributed by atoms with Crippen molar-refractivity contribution in [2.75, 3.05) is 0 Å². The van der Waals surface area contributed by atoms with Crippen molar-refractivity contribution in [1.29, 1.82) is 0 Å². The normalized spacial score (nSPS) is 13.8. The molecule has 0 aromatic carbocycles. The van der Waals surface area contributed by atoms with E-state index in [9.17, 15) is 4.79 Å². The molecule has 0 saturated carbocycles. The highest BCUT2D eigenvalue weighted by Crippen LogP contribution is 2.12. The highest BCUT2D eigenvalue weighted by Gasteiger charge is 2.26. The van der Waals surface area contributed by atoms with E-state index in [1.54, 1.807) is 6.08 Å². The Hall–Kier alpha value is -0.573. The first-order valence-electron chi connectivity index (χ1n) is 3.67. The maximum atomic E-state index is 10.6. The van der Waals surface area contributed by atoms with Gasteiger partial charge in [0.05, 0.1) is 8.07 Å². The summed E-state index contributed by atoms with van der Waals surface area (Å²) < 4.78 is 5.07. The molecule has 0 fully saturated rings. The van der Waals surface area contributed by atoms with Gasteiger partial charge in [-0.05, 0) is 0 Å². The van der Waals surface area contributed by atoms with Gasteiger partial charge in [0.25, 0.3) is 0 Å². The van der Waals surface area contributed by atoms with E-state index in [0.717, 1.165) is 0 Å². The summed E-state index contributed by atoms with van der Waals surface area (Å²) in [6.07, 6.45) is 1.72. The van der Waals surface area contributed by atoms with Crippen molar-refractivity contribution in [3.05, 3.63) is 12.7 Å². The van der Waals surface area contributed by atoms with Crippen LogP contribution < -0.4 is 0 Å². The molecular formula is C8H16O2Si. The van der Waals surface area contributed by atoms with Gasteiger partial charge in [-0.1, -0.05) is 32.3 Å². The summed E-state index contributed by atoms with van der Waals surface area (Å²) in [5.41, 5.74) is -0.0556. The zero-order valence-corrected chi connectivity index (χ0v) is 8.68. The Bertz CT molecular complexity index is 158. The van der Waals surface area contributed by atoms with Crippen molar-refractivity contribution in [2.45, 2.75) is 32.3 Å². The topological polar surface area (TPSA) is 26.3 Å². The van der Waals surface area contributed by atoms with Crippen LogP contribution in [0, 0.1) is 0 Å². The highest BCUT2D eigenvalue weighted by molar-refractivity contribution is 6.77. The van der Waals surface area contributed by atoms with Gasteiger partial charge in [0, 0.05) is 6.92 Å². The molecule has 0 aromatic rings. The first-order valence-corrected chi connectivity index (χ1v) is 7.25. The first kappa shape index (κ1) is 10.4. The van der Waals surface area contributed by atoms with Crippen LogP contribution in [0.3, 0.4) is 0 Å². The highest BCUT2D eigenvalue weighted by atomic mass is 28.3. The second-order valence-corrected chi connectivity index (χ2v) is 8.93. The lowest BCUT2D eigenvalue weighted by atomic mass is 10.7. The number of carbonyl (C=O) groups is 1. The molecule has 0 aromatic heterocycles. The zero-order chi connectivity index (χ0) is 9.07. The Morgan fingerprint density at radius 1 is 1.55 bits per heavy atom. The van der Waals surface area contributed by atoms with Crippen LogP contribution in [0.2, 0.25) is 19.6 Å². The number of hydrogen-bond acceptors (Lipinski definition) is 2. The third-order valence-corrected chi connectivity index (χ3v) is 3.42. The largest absolute Gasteiger partial charge is 0.462 e. The summed E-state index contributed by atoms with van der Waals surface area (Å²) in [4.78, 5) is 10.6. The molecule has 0 bridgehead atoms. The fraction of sp³-hybridized carbons (Fsp3) is 0.625. The Labute approximate surface area is 69.3 Å². The summed E-state index contributed by atoms with van der Waals surface area (Å²) in [5.74, 6) is -0.225. The monoisotopic (exact) mass is 172 g/mol. The SMILES string of the molecule is C=CC(OC(C)=O)[Si](C)(C)C. The summed E-state index contributed by atoms with van der Waals surface area (Å²) in [7, 11) is -1.41. The van der Waals surface area contributed by atoms with Crippen LogP contribution in [0.4, 0.5) is 0 Å². The molecule has 64 valence electrons. The van der Waals surface area contributed by atoms with Crippen LogP contribution in [-0.2, 0) is 9.53 Å². The van der Waals surface area contributed by atoms with Crippen LogP contribution in [0.25, 0.3) is 0 Å². The van der Waals surface area contributed by atoms with Gasteiger partial charge < -0.3 is 4.74 Å². The summed E-state index contributed by atoms with van der Waals surface area (Å²) in [6.45, 7) is 11.5. The van der Waals surface area contributed by atoms with E-state index in [1.807, 2.05) is 0 Å². The molecule has 0 aliphatic carbocycles. The minimum absolute atomic E-state index is 0.0556. The van der Waals surface area contributed by atoms with Crippen LogP contribution in [0.15, 0.2) is 12.7 Å². The predicted molar refractivity (Wildman–Crippen MR) is 49.1 cm³/mol. The standard InChI is InChI=1S/C8H16O2Si/c1-6-8(10-7(2)9)11(3,4)5/h6,8H,1H2,2-5H3. The van der Waals surface area contributed by atoms with E-state index in [2.05, 4.69) is 26.2 Å². The second-order valence-electron chi connectivity index (χ2n) is 3.63. The van der Waals surface area contributed by atoms with Crippen molar-refractivity contribution in [3.63, 3.8) is 0 Å². The van der Waals surface area contributed by atoms with Crippen molar-refractivity contribution in [3.8, 4) is 0 Å². The van der Waals surface area contributed by atoms with Crippen LogP contribution in [0.5, 0.6) is 0 Å². The molecule has 1 unspecified atom stereocenters. The van der Waals surface area contributed by atoms with Gasteiger partial charge in [0.1, 0.15) is 5.73 Å². The fourth-order valence-electron chi connectivity index (χ4n) is 0.757. The Morgan fingerprint density at radius 3 is 2.09 bits per heavy atom. The molecular weight excluding hydrogens is 156 g/mol. The van der Waals surface area contributed by atoms with E-state index in [1.165, 1.54) is 6.92 Å². The summed E-state index contributed by atoms with van der Waals surface area (Å²) in [6, 6.07) is 0. The minimum Gasteiger partial charge on any atom is -0.462 e. The molecule has 0 radical (unpaired) electrons. The summed E-state index contributed by atoms with van der Waals surface area (Å²) in [5, 5.41) is 0. The van der Waals surface area contributed by atoms with Gasteiger partial charge in [-0.2, -0.15) is 0 Å². The molecule has 0 heterocycles. The van der Waals surface area contributed by atoms with Gasteiger partial charge in [-0.25, -0.2) is 0 Å². The van der Waals surface area contributed by atoms with Gasteiger partial charge in [0.15, 0.2) is 0 Å². The first-order chi connectivity index (χ1) is 4.88. The van der Waals surface area contributed by atoms with E-state index >= 15 is 0 Å². The molecule has 1 atom stereocenters. The summed E-state index contributed by atoms with van der Waals surface area (Å²) >= 11 is 0. The molecule has 0 amide bonds. The van der Waals surface area contributed by atoms with Crippen LogP contribution >= 0.6 is 0 Å². The predicted octanol–water partition coefficient (Wildman–Crippen LogP) is 1.98. The smallest absolute Gasteiger partial charge is 0.302 e. The van der Waals surface area contributed by atoms with Gasteiger partial charge >= 0.3 is 5.97 Å². The average Bonchev–Trinajstić information content (AvgIpc) is 1.79. The number of carbonyl (C=O) groups excluding carboxylic acids is 1. The molecule has 3 heteroatoms. The third-order valence-electron chi connectivity index (χ3n) is 1.36. The second kappa shape index (κ2) is 3.71. The third kappa shape index (κ3) is 3.98. The Kier molecular flexibility index (Phi) is 3.52. The fourth-order valence-corrected chi connectivity index (χ4v) is 1.98. The van der Waals surface area contributed by atoms with E-state index in [4.69, 9.17) is 4.74 Å². The molecule has 0 saturated heterocycles. The van der Waals surface area contributed by atoms with Crippen molar-refractivity contribution >= 4 is 14.0 Å². The number of esters is 1. The Morgan fingerprint density at radius 2 is 2.00 bits per heavy atom. The molecule has 2 nitrogen and oxygen atoms in total. The minimum atomic E-state index is -1.41. The molecule has 0 aliphatic heterocycles. The van der Waals surface area contributed by atoms with E-state index in [-0.39, 0.29) is 11.7 Å². The number of rotatable bonds is 3. The van der Waals surface area contributed by atoms with Crippen LogP contribution in [-0.4, -0.2) is 19.8 Å². The number of hydrogen-bond donors (Lipinski definition) is 0. The maximum Gasteiger partial charge on any atom is 0.302 e. The lowest BCUT2D eigenvalue weighted by Crippen LogP contribution is -2.39. The molecule has 0 rings (SSSR count). The van der Waals surface area contributed by atoms with Crippen molar-refractivity contribution in [2.24, 2.45) is 0 Å². The van der Waals surface area contributed by atoms with Crippen LogP contribution in [0.1, 0.15) is 6.92 Å². The lowest BCUT2D eigenvalue weighted by Gasteiger charge is -2.24. The average molecular weight is 172 g/mol. The quantitative estimate of drug-likeness (QED) is 0.370. The lowest BCUT2D eigenvalue weighted by molar-refractivity contribution is -0.141. The van der Waals surface area contributed by atoms with Gasteiger partial charge in [-0.3, -0.25) is 4.79 Å². The van der Waals surface area contributed by atoms with E-state index < -0.39 is 8.07 Å². The number of ether oxygens (including phenoxy) is 1.